The first-order chi connectivity index (χ1) is 11.2. The minimum Gasteiger partial charge on any atom is -0.510 e. The minimum absolute atomic E-state index is 0.160. The summed E-state index contributed by atoms with van der Waals surface area (Å²) in [5.74, 6) is 1.13. The first-order valence-electron chi connectivity index (χ1n) is 7.21. The Bertz CT molecular complexity index is 765. The Morgan fingerprint density at radius 2 is 1.83 bits per heavy atom. The van der Waals surface area contributed by atoms with Crippen LogP contribution >= 0.6 is 0 Å². The molecule has 0 fully saturated rings. The van der Waals surface area contributed by atoms with Gasteiger partial charge in [0, 0.05) is 0 Å². The lowest BCUT2D eigenvalue weighted by Gasteiger charge is -2.12. The standard InChI is InChI=1S/C18H17N3O2/c1-23-15-9-7-13(8-10-15)11-20-21-12-16(22)17(18(21)19)14-5-3-2-4-6-14/h2-11,19,22H,12H2,1H3/b19-18?,20-11+. The second kappa shape index (κ2) is 6.36. The van der Waals surface area contributed by atoms with E-state index in [9.17, 15) is 5.11 Å². The Balaban J connectivity index is 1.76. The zero-order valence-electron chi connectivity index (χ0n) is 12.7. The molecule has 0 radical (unpaired) electrons. The second-order valence-electron chi connectivity index (χ2n) is 5.11. The molecule has 116 valence electrons. The normalized spacial score (nSPS) is 14.8. The van der Waals surface area contributed by atoms with Gasteiger partial charge < -0.3 is 9.84 Å². The van der Waals surface area contributed by atoms with E-state index >= 15 is 0 Å². The maximum Gasteiger partial charge on any atom is 0.153 e. The van der Waals surface area contributed by atoms with E-state index in [4.69, 9.17) is 10.1 Å². The highest BCUT2D eigenvalue weighted by atomic mass is 16.5. The third-order valence-corrected chi connectivity index (χ3v) is 3.61. The summed E-state index contributed by atoms with van der Waals surface area (Å²) in [6.45, 7) is 0.204. The maximum atomic E-state index is 10.2. The molecule has 2 aromatic carbocycles. The number of benzene rings is 2. The molecule has 23 heavy (non-hydrogen) atoms. The van der Waals surface area contributed by atoms with Gasteiger partial charge in [0.05, 0.1) is 18.9 Å². The van der Waals surface area contributed by atoms with Crippen LogP contribution in [-0.4, -0.2) is 35.8 Å². The number of amidine groups is 1. The molecule has 2 N–H and O–H groups in total. The molecular formula is C18H17N3O2. The summed E-state index contributed by atoms with van der Waals surface area (Å²) in [6.07, 6.45) is 1.66. The minimum atomic E-state index is 0.160. The summed E-state index contributed by atoms with van der Waals surface area (Å²) >= 11 is 0. The highest BCUT2D eigenvalue weighted by molar-refractivity contribution is 6.23. The Hall–Kier alpha value is -3.08. The summed E-state index contributed by atoms with van der Waals surface area (Å²) in [4.78, 5) is 0. The monoisotopic (exact) mass is 307 g/mol. The Morgan fingerprint density at radius 1 is 1.13 bits per heavy atom. The lowest BCUT2D eigenvalue weighted by molar-refractivity contribution is 0.358. The zero-order valence-corrected chi connectivity index (χ0v) is 12.7. The van der Waals surface area contributed by atoms with Crippen molar-refractivity contribution >= 4 is 17.6 Å². The van der Waals surface area contributed by atoms with Crippen LogP contribution in [-0.2, 0) is 0 Å². The second-order valence-corrected chi connectivity index (χ2v) is 5.11. The maximum absolute atomic E-state index is 10.2. The van der Waals surface area contributed by atoms with Crippen molar-refractivity contribution in [3.8, 4) is 5.75 Å². The molecule has 0 aliphatic carbocycles. The van der Waals surface area contributed by atoms with Gasteiger partial charge in [0.1, 0.15) is 18.1 Å². The van der Waals surface area contributed by atoms with Crippen LogP contribution in [0, 0.1) is 5.41 Å². The highest BCUT2D eigenvalue weighted by Gasteiger charge is 2.27. The summed E-state index contributed by atoms with van der Waals surface area (Å²) in [7, 11) is 1.62. The number of hydrazone groups is 1. The molecule has 2 aromatic rings. The van der Waals surface area contributed by atoms with Crippen molar-refractivity contribution in [2.45, 2.75) is 0 Å². The van der Waals surface area contributed by atoms with E-state index < -0.39 is 0 Å². The number of nitrogens with one attached hydrogen (secondary N) is 1. The molecule has 0 bridgehead atoms. The first-order valence-corrected chi connectivity index (χ1v) is 7.21. The molecule has 0 atom stereocenters. The fourth-order valence-corrected chi connectivity index (χ4v) is 2.40. The topological polar surface area (TPSA) is 68.9 Å². The molecule has 1 aliphatic rings. The summed E-state index contributed by atoms with van der Waals surface area (Å²) in [5, 5.41) is 24.2. The molecule has 0 saturated carbocycles. The molecular weight excluding hydrogens is 290 g/mol. The van der Waals surface area contributed by atoms with E-state index in [2.05, 4.69) is 5.10 Å². The van der Waals surface area contributed by atoms with E-state index in [1.165, 1.54) is 5.01 Å². The number of hydrogen-bond acceptors (Lipinski definition) is 4. The number of rotatable bonds is 4. The number of ether oxygens (including phenoxy) is 1. The van der Waals surface area contributed by atoms with Gasteiger partial charge in [0.25, 0.3) is 0 Å². The van der Waals surface area contributed by atoms with Crippen LogP contribution in [0.15, 0.2) is 65.5 Å². The van der Waals surface area contributed by atoms with E-state index in [0.29, 0.717) is 5.57 Å². The molecule has 1 heterocycles. The molecule has 5 nitrogen and oxygen atoms in total. The lowest BCUT2D eigenvalue weighted by atomic mass is 10.1. The third kappa shape index (κ3) is 3.08. The summed E-state index contributed by atoms with van der Waals surface area (Å²) in [5.41, 5.74) is 2.24. The SMILES string of the molecule is COc1ccc(/C=N/N2CC(O)=C(c3ccccc3)C2=N)cc1. The Morgan fingerprint density at radius 3 is 2.48 bits per heavy atom. The average molecular weight is 307 g/mol. The van der Waals surface area contributed by atoms with Gasteiger partial charge in [-0.25, -0.2) is 5.01 Å². The van der Waals surface area contributed by atoms with Gasteiger partial charge in [0.15, 0.2) is 5.84 Å². The fraction of sp³-hybridized carbons (Fsp3) is 0.111. The highest BCUT2D eigenvalue weighted by Crippen LogP contribution is 2.27. The molecule has 1 aliphatic heterocycles. The summed E-state index contributed by atoms with van der Waals surface area (Å²) < 4.78 is 5.11. The van der Waals surface area contributed by atoms with Crippen molar-refractivity contribution in [2.75, 3.05) is 13.7 Å². The number of methoxy groups -OCH3 is 1. The molecule has 0 unspecified atom stereocenters. The van der Waals surface area contributed by atoms with Gasteiger partial charge in [0.2, 0.25) is 0 Å². The quantitative estimate of drug-likeness (QED) is 0.852. The number of aliphatic hydroxyl groups is 1. The molecule has 5 heteroatoms. The van der Waals surface area contributed by atoms with Crippen molar-refractivity contribution < 1.29 is 9.84 Å². The molecule has 0 amide bonds. The zero-order chi connectivity index (χ0) is 16.2. The predicted octanol–water partition coefficient (Wildman–Crippen LogP) is 3.29. The van der Waals surface area contributed by atoms with Crippen LogP contribution in [0.1, 0.15) is 11.1 Å². The van der Waals surface area contributed by atoms with Crippen LogP contribution in [0.2, 0.25) is 0 Å². The van der Waals surface area contributed by atoms with E-state index in [1.54, 1.807) is 13.3 Å². The van der Waals surface area contributed by atoms with Crippen molar-refractivity contribution in [1.82, 2.24) is 5.01 Å². The largest absolute Gasteiger partial charge is 0.510 e. The molecule has 3 rings (SSSR count). The van der Waals surface area contributed by atoms with E-state index in [0.717, 1.165) is 16.9 Å². The number of hydrogen-bond donors (Lipinski definition) is 2. The smallest absolute Gasteiger partial charge is 0.153 e. The Kier molecular flexibility index (Phi) is 4.10. The number of aliphatic hydroxyl groups excluding tert-OH is 1. The molecule has 0 aromatic heterocycles. The van der Waals surface area contributed by atoms with Crippen LogP contribution in [0.5, 0.6) is 5.75 Å². The molecule has 0 saturated heterocycles. The average Bonchev–Trinajstić information content (AvgIpc) is 2.88. The summed E-state index contributed by atoms with van der Waals surface area (Å²) in [6, 6.07) is 16.9. The fourth-order valence-electron chi connectivity index (χ4n) is 2.40. The van der Waals surface area contributed by atoms with Gasteiger partial charge in [-0.2, -0.15) is 5.10 Å². The van der Waals surface area contributed by atoms with Crippen LogP contribution in [0.25, 0.3) is 5.57 Å². The molecule has 0 spiro atoms. The van der Waals surface area contributed by atoms with Gasteiger partial charge in [-0.3, -0.25) is 5.41 Å². The van der Waals surface area contributed by atoms with Crippen LogP contribution in [0.4, 0.5) is 0 Å². The first kappa shape index (κ1) is 14.8. The Labute approximate surface area is 134 Å². The lowest BCUT2D eigenvalue weighted by Crippen LogP contribution is -2.20. The van der Waals surface area contributed by atoms with Crippen LogP contribution in [0.3, 0.4) is 0 Å². The number of nitrogens with zero attached hydrogens (tertiary/aromatic N) is 2. The van der Waals surface area contributed by atoms with E-state index in [-0.39, 0.29) is 18.1 Å². The van der Waals surface area contributed by atoms with E-state index in [1.807, 2.05) is 54.6 Å². The van der Waals surface area contributed by atoms with Crippen LogP contribution < -0.4 is 4.74 Å². The van der Waals surface area contributed by atoms with Crippen molar-refractivity contribution in [2.24, 2.45) is 5.10 Å². The van der Waals surface area contributed by atoms with Crippen molar-refractivity contribution in [1.29, 1.82) is 5.41 Å². The van der Waals surface area contributed by atoms with Gasteiger partial charge in [-0.15, -0.1) is 0 Å². The van der Waals surface area contributed by atoms with Crippen molar-refractivity contribution in [3.63, 3.8) is 0 Å². The van der Waals surface area contributed by atoms with Gasteiger partial charge in [-0.1, -0.05) is 30.3 Å². The van der Waals surface area contributed by atoms with Crippen molar-refractivity contribution in [3.05, 3.63) is 71.5 Å². The predicted molar refractivity (Wildman–Crippen MR) is 91.0 cm³/mol. The third-order valence-electron chi connectivity index (χ3n) is 3.61. The van der Waals surface area contributed by atoms with Gasteiger partial charge in [-0.05, 0) is 35.4 Å². The van der Waals surface area contributed by atoms with Gasteiger partial charge >= 0.3 is 0 Å².